The summed E-state index contributed by atoms with van der Waals surface area (Å²) < 4.78 is 0. The monoisotopic (exact) mass is 567 g/mol. The average molecular weight is 568 g/mol. The summed E-state index contributed by atoms with van der Waals surface area (Å²) >= 11 is 0. The summed E-state index contributed by atoms with van der Waals surface area (Å²) in [6, 6.07) is 14.9. The van der Waals surface area contributed by atoms with Gasteiger partial charge in [0.05, 0.1) is 12.5 Å². The fourth-order valence-corrected chi connectivity index (χ4v) is 4.27. The van der Waals surface area contributed by atoms with E-state index in [1.165, 1.54) is 9.80 Å². The zero-order valence-electron chi connectivity index (χ0n) is 24.4. The van der Waals surface area contributed by atoms with Crippen molar-refractivity contribution in [3.05, 3.63) is 71.3 Å². The highest BCUT2D eigenvalue weighted by molar-refractivity contribution is 5.94. The van der Waals surface area contributed by atoms with Crippen molar-refractivity contribution in [2.24, 2.45) is 17.2 Å². The molecule has 0 heterocycles. The minimum absolute atomic E-state index is 0.145. The van der Waals surface area contributed by atoms with E-state index in [-0.39, 0.29) is 43.8 Å². The van der Waals surface area contributed by atoms with Crippen LogP contribution in [0.15, 0.2) is 54.6 Å². The van der Waals surface area contributed by atoms with Gasteiger partial charge in [-0.15, -0.1) is 0 Å². The maximum Gasteiger partial charge on any atom is 0.253 e. The Morgan fingerprint density at radius 1 is 0.829 bits per heavy atom. The van der Waals surface area contributed by atoms with Crippen LogP contribution in [0.25, 0.3) is 0 Å². The summed E-state index contributed by atoms with van der Waals surface area (Å²) in [7, 11) is 3.32. The lowest BCUT2D eigenvalue weighted by Gasteiger charge is -2.28. The van der Waals surface area contributed by atoms with Crippen LogP contribution in [-0.2, 0) is 20.8 Å². The first-order chi connectivity index (χ1) is 19.6. The molecule has 2 aromatic rings. The minimum atomic E-state index is -1.14. The number of nitrogens with one attached hydrogen (secondary N) is 1. The Hall–Kier alpha value is -3.80. The number of carbonyl (C=O) groups excluding carboxylic acids is 4. The highest BCUT2D eigenvalue weighted by Gasteiger charge is 2.28. The van der Waals surface area contributed by atoms with Gasteiger partial charge in [0.2, 0.25) is 17.7 Å². The second-order valence-corrected chi connectivity index (χ2v) is 10.2. The Bertz CT molecular complexity index is 1120. The molecule has 0 aliphatic rings. The molecule has 0 radical (unpaired) electrons. The molecular formula is C30H45N7O4. The molecule has 41 heavy (non-hydrogen) atoms. The van der Waals surface area contributed by atoms with E-state index in [0.29, 0.717) is 38.0 Å². The standard InChI is InChI=1S/C30H45N7O4/c1-22-9-12-24(13-10-22)29(40)35(2)19-20-36(3)30(41)26(14-11-23-7-5-4-6-8-23)34-28(39)25(33)21-27(38)37(17-15-31)18-16-32/h4-10,12-13,25-26H,11,14-21,31-33H2,1-3H3,(H,34,39)/t25-,26-/m0/s1. The average Bonchev–Trinajstić information content (AvgIpc) is 2.97. The first-order valence-corrected chi connectivity index (χ1v) is 13.9. The Labute approximate surface area is 243 Å². The summed E-state index contributed by atoms with van der Waals surface area (Å²) in [5.41, 5.74) is 19.9. The SMILES string of the molecule is Cc1ccc(C(=O)N(C)CCN(C)C(=O)[C@H](CCc2ccccc2)NC(=O)[C@@H](N)CC(=O)N(CCN)CCN)cc1. The molecule has 0 spiro atoms. The Morgan fingerprint density at radius 3 is 2.00 bits per heavy atom. The van der Waals surface area contributed by atoms with Crippen molar-refractivity contribution in [3.8, 4) is 0 Å². The van der Waals surface area contributed by atoms with Crippen molar-refractivity contribution in [2.75, 3.05) is 53.4 Å². The Kier molecular flexibility index (Phi) is 13.9. The number of benzene rings is 2. The highest BCUT2D eigenvalue weighted by atomic mass is 16.2. The Morgan fingerprint density at radius 2 is 1.41 bits per heavy atom. The largest absolute Gasteiger partial charge is 0.343 e. The second-order valence-electron chi connectivity index (χ2n) is 10.2. The third-order valence-electron chi connectivity index (χ3n) is 6.85. The van der Waals surface area contributed by atoms with E-state index in [9.17, 15) is 19.2 Å². The third-order valence-corrected chi connectivity index (χ3v) is 6.85. The molecule has 0 aliphatic heterocycles. The summed E-state index contributed by atoms with van der Waals surface area (Å²) in [5.74, 6) is -1.37. The van der Waals surface area contributed by atoms with Crippen molar-refractivity contribution in [1.82, 2.24) is 20.0 Å². The van der Waals surface area contributed by atoms with Crippen LogP contribution in [0.2, 0.25) is 0 Å². The van der Waals surface area contributed by atoms with Crippen molar-refractivity contribution < 1.29 is 19.2 Å². The summed E-state index contributed by atoms with van der Waals surface area (Å²) in [5, 5.41) is 2.76. The number of hydrogen-bond acceptors (Lipinski definition) is 7. The van der Waals surface area contributed by atoms with E-state index >= 15 is 0 Å². The van der Waals surface area contributed by atoms with Crippen LogP contribution in [0.5, 0.6) is 0 Å². The number of amides is 4. The lowest BCUT2D eigenvalue weighted by Crippen LogP contribution is -2.54. The fraction of sp³-hybridized carbons (Fsp3) is 0.467. The quantitative estimate of drug-likeness (QED) is 0.223. The van der Waals surface area contributed by atoms with Crippen molar-refractivity contribution in [1.29, 1.82) is 0 Å². The van der Waals surface area contributed by atoms with E-state index in [1.807, 2.05) is 49.4 Å². The lowest BCUT2D eigenvalue weighted by molar-refractivity contribution is -0.137. The molecule has 4 amide bonds. The van der Waals surface area contributed by atoms with Gasteiger partial charge in [0.1, 0.15) is 6.04 Å². The van der Waals surface area contributed by atoms with Gasteiger partial charge >= 0.3 is 0 Å². The molecule has 0 fully saturated rings. The molecule has 224 valence electrons. The van der Waals surface area contributed by atoms with Gasteiger partial charge in [0.25, 0.3) is 5.91 Å². The molecular weight excluding hydrogens is 522 g/mol. The van der Waals surface area contributed by atoms with Crippen molar-refractivity contribution in [3.63, 3.8) is 0 Å². The molecule has 11 heteroatoms. The van der Waals surface area contributed by atoms with Gasteiger partial charge in [0, 0.05) is 58.9 Å². The van der Waals surface area contributed by atoms with Gasteiger partial charge in [-0.2, -0.15) is 0 Å². The number of hydrogen-bond donors (Lipinski definition) is 4. The maximum absolute atomic E-state index is 13.5. The highest BCUT2D eigenvalue weighted by Crippen LogP contribution is 2.10. The first kappa shape index (κ1) is 33.4. The fourth-order valence-electron chi connectivity index (χ4n) is 4.27. The minimum Gasteiger partial charge on any atom is -0.343 e. The summed E-state index contributed by atoms with van der Waals surface area (Å²) in [6.07, 6.45) is 0.656. The molecule has 0 saturated carbocycles. The van der Waals surface area contributed by atoms with E-state index < -0.39 is 18.0 Å². The van der Waals surface area contributed by atoms with Gasteiger partial charge in [-0.3, -0.25) is 19.2 Å². The van der Waals surface area contributed by atoms with Crippen LogP contribution in [0, 0.1) is 6.92 Å². The summed E-state index contributed by atoms with van der Waals surface area (Å²) in [6.45, 7) is 3.68. The number of carbonyl (C=O) groups is 4. The number of nitrogens with two attached hydrogens (primary N) is 3. The number of nitrogens with zero attached hydrogens (tertiary/aromatic N) is 3. The molecule has 0 aliphatic carbocycles. The molecule has 0 bridgehead atoms. The van der Waals surface area contributed by atoms with E-state index in [1.54, 1.807) is 31.1 Å². The predicted molar refractivity (Wildman–Crippen MR) is 160 cm³/mol. The third kappa shape index (κ3) is 10.9. The smallest absolute Gasteiger partial charge is 0.253 e. The van der Waals surface area contributed by atoms with Crippen LogP contribution in [-0.4, -0.2) is 104 Å². The molecule has 0 unspecified atom stereocenters. The topological polar surface area (TPSA) is 168 Å². The second kappa shape index (κ2) is 17.1. The van der Waals surface area contributed by atoms with Gasteiger partial charge < -0.3 is 37.2 Å². The van der Waals surface area contributed by atoms with Crippen LogP contribution < -0.4 is 22.5 Å². The van der Waals surface area contributed by atoms with Crippen LogP contribution in [0.1, 0.15) is 34.3 Å². The van der Waals surface area contributed by atoms with Crippen molar-refractivity contribution in [2.45, 2.75) is 38.3 Å². The molecule has 2 rings (SSSR count). The van der Waals surface area contributed by atoms with E-state index in [4.69, 9.17) is 17.2 Å². The molecule has 7 N–H and O–H groups in total. The molecule has 0 saturated heterocycles. The number of rotatable bonds is 16. The van der Waals surface area contributed by atoms with Crippen LogP contribution in [0.3, 0.4) is 0 Å². The molecule has 11 nitrogen and oxygen atoms in total. The number of likely N-dealkylation sites (N-methyl/N-ethyl adjacent to an activating group) is 2. The van der Waals surface area contributed by atoms with Gasteiger partial charge in [-0.25, -0.2) is 0 Å². The van der Waals surface area contributed by atoms with Crippen molar-refractivity contribution >= 4 is 23.6 Å². The van der Waals surface area contributed by atoms with E-state index in [0.717, 1.165) is 11.1 Å². The lowest BCUT2D eigenvalue weighted by atomic mass is 10.0. The molecule has 2 atom stereocenters. The Balaban J connectivity index is 2.05. The van der Waals surface area contributed by atoms with Crippen LogP contribution >= 0.6 is 0 Å². The summed E-state index contributed by atoms with van der Waals surface area (Å²) in [4.78, 5) is 56.5. The normalized spacial score (nSPS) is 12.2. The maximum atomic E-state index is 13.5. The molecule has 0 aromatic heterocycles. The zero-order chi connectivity index (χ0) is 30.4. The number of aryl methyl sites for hydroxylation is 2. The molecule has 2 aromatic carbocycles. The van der Waals surface area contributed by atoms with Crippen LogP contribution in [0.4, 0.5) is 0 Å². The zero-order valence-corrected chi connectivity index (χ0v) is 24.4. The van der Waals surface area contributed by atoms with Gasteiger partial charge in [0.15, 0.2) is 0 Å². The first-order valence-electron chi connectivity index (χ1n) is 13.9. The van der Waals surface area contributed by atoms with Gasteiger partial charge in [-0.1, -0.05) is 48.0 Å². The van der Waals surface area contributed by atoms with E-state index in [2.05, 4.69) is 5.32 Å². The predicted octanol–water partition coefficient (Wildman–Crippen LogP) is 0.106. The van der Waals surface area contributed by atoms with Gasteiger partial charge in [-0.05, 0) is 37.5 Å².